The van der Waals surface area contributed by atoms with E-state index in [9.17, 15) is 9.59 Å². The summed E-state index contributed by atoms with van der Waals surface area (Å²) >= 11 is 1.42. The maximum atomic E-state index is 12.4. The molecular weight excluding hydrogens is 334 g/mol. The fraction of sp³-hybridized carbons (Fsp3) is 0.100. The summed E-state index contributed by atoms with van der Waals surface area (Å²) in [7, 11) is 1.62. The largest absolute Gasteiger partial charge is 0.497 e. The summed E-state index contributed by atoms with van der Waals surface area (Å²) in [5.41, 5.74) is 3.32. The number of H-pyrrole nitrogens is 1. The Bertz CT molecular complexity index is 1170. The van der Waals surface area contributed by atoms with Crippen LogP contribution in [0.3, 0.4) is 0 Å². The van der Waals surface area contributed by atoms with Crippen molar-refractivity contribution in [2.45, 2.75) is 6.92 Å². The number of carbonyl (C=O) groups is 1. The molecule has 0 aliphatic heterocycles. The topological polar surface area (TPSA) is 59.2 Å². The predicted molar refractivity (Wildman–Crippen MR) is 102 cm³/mol. The smallest absolute Gasteiger partial charge is 0.266 e. The van der Waals surface area contributed by atoms with Gasteiger partial charge in [0.25, 0.3) is 5.56 Å². The number of thiophene rings is 1. The Balaban J connectivity index is 2.04. The minimum atomic E-state index is -0.0933. The van der Waals surface area contributed by atoms with Gasteiger partial charge in [-0.25, -0.2) is 0 Å². The third-order valence-electron chi connectivity index (χ3n) is 4.34. The van der Waals surface area contributed by atoms with Gasteiger partial charge in [0, 0.05) is 32.8 Å². The van der Waals surface area contributed by atoms with Crippen LogP contribution in [0.4, 0.5) is 0 Å². The van der Waals surface area contributed by atoms with Gasteiger partial charge in [0.1, 0.15) is 10.4 Å². The number of Topliss-reactive ketones (excluding diaryl/α,β-unsaturated/α-hetero) is 1. The minimum Gasteiger partial charge on any atom is -0.497 e. The van der Waals surface area contributed by atoms with Crippen LogP contribution in [0.5, 0.6) is 5.75 Å². The zero-order valence-corrected chi connectivity index (χ0v) is 14.6. The third-order valence-corrected chi connectivity index (χ3v) is 5.32. The molecule has 4 nitrogen and oxygen atoms in total. The number of hydrogen-bond donors (Lipinski definition) is 1. The van der Waals surface area contributed by atoms with Gasteiger partial charge in [-0.3, -0.25) is 9.59 Å². The van der Waals surface area contributed by atoms with Crippen LogP contribution in [0.15, 0.2) is 52.6 Å². The molecule has 0 atom stereocenters. The van der Waals surface area contributed by atoms with Crippen molar-refractivity contribution in [1.82, 2.24) is 4.98 Å². The Hall–Kier alpha value is -2.92. The van der Waals surface area contributed by atoms with Crippen LogP contribution in [-0.4, -0.2) is 17.9 Å². The number of hydrogen-bond acceptors (Lipinski definition) is 4. The number of aromatic amines is 1. The lowest BCUT2D eigenvalue weighted by Gasteiger charge is -2.07. The highest BCUT2D eigenvalue weighted by atomic mass is 32.1. The number of ether oxygens (including phenoxy) is 1. The minimum absolute atomic E-state index is 0.0355. The molecule has 1 N–H and O–H groups in total. The van der Waals surface area contributed by atoms with Gasteiger partial charge in [-0.15, -0.1) is 11.3 Å². The van der Waals surface area contributed by atoms with Crippen LogP contribution in [0, 0.1) is 0 Å². The molecule has 0 bridgehead atoms. The molecule has 2 heterocycles. The molecule has 4 aromatic rings. The number of benzene rings is 2. The van der Waals surface area contributed by atoms with Crippen LogP contribution in [0.2, 0.25) is 0 Å². The van der Waals surface area contributed by atoms with E-state index in [2.05, 4.69) is 4.98 Å². The Morgan fingerprint density at radius 2 is 1.88 bits per heavy atom. The van der Waals surface area contributed by atoms with Crippen molar-refractivity contribution in [1.29, 1.82) is 0 Å². The zero-order valence-electron chi connectivity index (χ0n) is 13.8. The van der Waals surface area contributed by atoms with Gasteiger partial charge >= 0.3 is 0 Å². The van der Waals surface area contributed by atoms with E-state index in [1.54, 1.807) is 14.0 Å². The number of aromatic nitrogens is 1. The predicted octanol–water partition coefficient (Wildman–Crippen LogP) is 4.62. The van der Waals surface area contributed by atoms with Gasteiger partial charge in [-0.05, 0) is 30.7 Å². The monoisotopic (exact) mass is 349 g/mol. The molecule has 124 valence electrons. The molecule has 2 aromatic carbocycles. The highest BCUT2D eigenvalue weighted by Crippen LogP contribution is 2.37. The van der Waals surface area contributed by atoms with Gasteiger partial charge in [-0.1, -0.05) is 24.3 Å². The lowest BCUT2D eigenvalue weighted by atomic mass is 10.00. The molecule has 0 aliphatic rings. The highest BCUT2D eigenvalue weighted by molar-refractivity contribution is 7.17. The lowest BCUT2D eigenvalue weighted by Crippen LogP contribution is -2.04. The van der Waals surface area contributed by atoms with Gasteiger partial charge < -0.3 is 9.72 Å². The summed E-state index contributed by atoms with van der Waals surface area (Å²) in [4.78, 5) is 26.8. The molecular formula is C20H15NO3S. The quantitative estimate of drug-likeness (QED) is 0.549. The Morgan fingerprint density at radius 1 is 1.12 bits per heavy atom. The zero-order chi connectivity index (χ0) is 17.6. The third kappa shape index (κ3) is 2.53. The molecule has 0 amide bonds. The van der Waals surface area contributed by atoms with Crippen molar-refractivity contribution in [3.8, 4) is 16.9 Å². The molecule has 4 rings (SSSR count). The SMILES string of the molecule is COc1ccc2[nH]c(=O)c3scc(-c4ccc(C(C)=O)cc4)c3c2c1. The highest BCUT2D eigenvalue weighted by Gasteiger charge is 2.14. The summed E-state index contributed by atoms with van der Waals surface area (Å²) < 4.78 is 6.03. The molecule has 0 spiro atoms. The van der Waals surface area contributed by atoms with Gasteiger partial charge in [0.05, 0.1) is 7.11 Å². The van der Waals surface area contributed by atoms with Crippen molar-refractivity contribution in [2.75, 3.05) is 7.11 Å². The van der Waals surface area contributed by atoms with Crippen LogP contribution in [-0.2, 0) is 0 Å². The first kappa shape index (κ1) is 15.6. The van der Waals surface area contributed by atoms with Crippen molar-refractivity contribution in [2.24, 2.45) is 0 Å². The van der Waals surface area contributed by atoms with E-state index in [4.69, 9.17) is 4.74 Å². The van der Waals surface area contributed by atoms with Crippen LogP contribution < -0.4 is 10.3 Å². The van der Waals surface area contributed by atoms with Crippen molar-refractivity contribution < 1.29 is 9.53 Å². The van der Waals surface area contributed by atoms with E-state index in [0.717, 1.165) is 33.2 Å². The summed E-state index contributed by atoms with van der Waals surface area (Å²) in [5.74, 6) is 0.776. The summed E-state index contributed by atoms with van der Waals surface area (Å²) in [6, 6.07) is 13.1. The average molecular weight is 349 g/mol. The molecule has 2 aromatic heterocycles. The fourth-order valence-corrected chi connectivity index (χ4v) is 4.02. The van der Waals surface area contributed by atoms with E-state index in [1.165, 1.54) is 11.3 Å². The Kier molecular flexibility index (Phi) is 3.66. The second kappa shape index (κ2) is 5.86. The van der Waals surface area contributed by atoms with Crippen molar-refractivity contribution in [3.63, 3.8) is 0 Å². The Labute approximate surface area is 147 Å². The summed E-state index contributed by atoms with van der Waals surface area (Å²) in [5, 5.41) is 3.85. The number of fused-ring (bicyclic) bond motifs is 3. The van der Waals surface area contributed by atoms with Gasteiger partial charge in [0.2, 0.25) is 0 Å². The first-order valence-corrected chi connectivity index (χ1v) is 8.69. The number of ketones is 1. The standard InChI is InChI=1S/C20H15NO3S/c1-11(22)12-3-5-13(6-4-12)16-10-25-19-18(16)15-9-14(24-2)7-8-17(15)21-20(19)23/h3-10H,1-2H3,(H,21,23). The van der Waals surface area contributed by atoms with Gasteiger partial charge in [-0.2, -0.15) is 0 Å². The Morgan fingerprint density at radius 3 is 2.56 bits per heavy atom. The number of pyridine rings is 1. The van der Waals surface area contributed by atoms with Crippen molar-refractivity contribution >= 4 is 38.1 Å². The number of rotatable bonds is 3. The molecule has 0 fully saturated rings. The first-order valence-electron chi connectivity index (χ1n) is 7.81. The lowest BCUT2D eigenvalue weighted by molar-refractivity contribution is 0.101. The fourth-order valence-electron chi connectivity index (χ4n) is 3.03. The van der Waals surface area contributed by atoms with Gasteiger partial charge in [0.15, 0.2) is 5.78 Å². The number of carbonyl (C=O) groups excluding carboxylic acids is 1. The van der Waals surface area contributed by atoms with Crippen molar-refractivity contribution in [3.05, 3.63) is 63.8 Å². The van der Waals surface area contributed by atoms with Crippen LogP contribution in [0.25, 0.3) is 32.1 Å². The number of methoxy groups -OCH3 is 1. The average Bonchev–Trinajstić information content (AvgIpc) is 3.07. The molecule has 0 saturated heterocycles. The molecule has 0 radical (unpaired) electrons. The van der Waals surface area contributed by atoms with E-state index >= 15 is 0 Å². The maximum absolute atomic E-state index is 12.4. The van der Waals surface area contributed by atoms with E-state index < -0.39 is 0 Å². The number of nitrogens with one attached hydrogen (secondary N) is 1. The molecule has 5 heteroatoms. The first-order chi connectivity index (χ1) is 12.1. The molecule has 25 heavy (non-hydrogen) atoms. The van der Waals surface area contributed by atoms with E-state index in [-0.39, 0.29) is 11.3 Å². The molecule has 0 unspecified atom stereocenters. The normalized spacial score (nSPS) is 11.1. The van der Waals surface area contributed by atoms with Crippen LogP contribution >= 0.6 is 11.3 Å². The maximum Gasteiger partial charge on any atom is 0.266 e. The molecule has 0 aliphatic carbocycles. The second-order valence-electron chi connectivity index (χ2n) is 5.85. The molecule has 0 saturated carbocycles. The second-order valence-corrected chi connectivity index (χ2v) is 6.73. The summed E-state index contributed by atoms with van der Waals surface area (Å²) in [6.45, 7) is 1.55. The van der Waals surface area contributed by atoms with E-state index in [1.807, 2.05) is 47.8 Å². The van der Waals surface area contributed by atoms with E-state index in [0.29, 0.717) is 10.3 Å². The van der Waals surface area contributed by atoms with Crippen LogP contribution in [0.1, 0.15) is 17.3 Å². The summed E-state index contributed by atoms with van der Waals surface area (Å²) in [6.07, 6.45) is 0.